The molecule has 0 atom stereocenters. The van der Waals surface area contributed by atoms with Crippen LogP contribution in [-0.2, 0) is 14.4 Å². The molecule has 1 aliphatic rings. The summed E-state index contributed by atoms with van der Waals surface area (Å²) >= 11 is 6.27. The number of amides is 2. The fourth-order valence-corrected chi connectivity index (χ4v) is 3.58. The number of carbonyl (C=O) groups excluding carboxylic acids is 3. The summed E-state index contributed by atoms with van der Waals surface area (Å²) in [6.45, 7) is 4.42. The van der Waals surface area contributed by atoms with E-state index < -0.39 is 0 Å². The lowest BCUT2D eigenvalue weighted by Gasteiger charge is -2.13. The monoisotopic (exact) mass is 477 g/mol. The minimum absolute atomic E-state index is 0.171. The standard InChI is InChI=1S/C19H29Br2NO3/c1-14(2)15(23)12-10-8-6-4-3-5-7-9-11-13-22-18(24)16(20)17(21)19(22)25/h14H,3-13H2,1-2H3. The van der Waals surface area contributed by atoms with Crippen LogP contribution in [-0.4, -0.2) is 29.0 Å². The van der Waals surface area contributed by atoms with E-state index in [1.165, 1.54) is 30.6 Å². The average molecular weight is 479 g/mol. The third kappa shape index (κ3) is 7.73. The lowest BCUT2D eigenvalue weighted by molar-refractivity contribution is -0.137. The van der Waals surface area contributed by atoms with Gasteiger partial charge in [-0.1, -0.05) is 58.8 Å². The van der Waals surface area contributed by atoms with Gasteiger partial charge in [-0.3, -0.25) is 19.3 Å². The van der Waals surface area contributed by atoms with Crippen LogP contribution in [0.25, 0.3) is 0 Å². The quantitative estimate of drug-likeness (QED) is 0.260. The minimum atomic E-state index is -0.243. The number of rotatable bonds is 13. The maximum atomic E-state index is 11.8. The number of carbonyl (C=O) groups is 3. The molecule has 0 radical (unpaired) electrons. The van der Waals surface area contributed by atoms with Gasteiger partial charge in [0.1, 0.15) is 14.7 Å². The van der Waals surface area contributed by atoms with E-state index in [1.54, 1.807) is 0 Å². The van der Waals surface area contributed by atoms with Crippen LogP contribution in [0.5, 0.6) is 0 Å². The van der Waals surface area contributed by atoms with E-state index >= 15 is 0 Å². The van der Waals surface area contributed by atoms with E-state index in [2.05, 4.69) is 31.9 Å². The smallest absolute Gasteiger partial charge is 0.269 e. The number of halogens is 2. The first-order chi connectivity index (χ1) is 11.9. The van der Waals surface area contributed by atoms with Crippen LogP contribution in [0.3, 0.4) is 0 Å². The molecule has 0 saturated heterocycles. The van der Waals surface area contributed by atoms with Crippen molar-refractivity contribution in [3.05, 3.63) is 8.96 Å². The highest BCUT2D eigenvalue weighted by Crippen LogP contribution is 2.29. The summed E-state index contributed by atoms with van der Waals surface area (Å²) in [6.07, 6.45) is 10.8. The summed E-state index contributed by atoms with van der Waals surface area (Å²) < 4.78 is 0.653. The van der Waals surface area contributed by atoms with Crippen molar-refractivity contribution in [2.45, 2.75) is 78.1 Å². The molecule has 1 aliphatic heterocycles. The Morgan fingerprint density at radius 1 is 0.800 bits per heavy atom. The first-order valence-electron chi connectivity index (χ1n) is 9.30. The maximum Gasteiger partial charge on any atom is 0.269 e. The number of imide groups is 1. The summed E-state index contributed by atoms with van der Waals surface area (Å²) in [5.41, 5.74) is 0. The van der Waals surface area contributed by atoms with Gasteiger partial charge >= 0.3 is 0 Å². The summed E-state index contributed by atoms with van der Waals surface area (Å²) in [6, 6.07) is 0. The molecule has 0 spiro atoms. The van der Waals surface area contributed by atoms with Crippen molar-refractivity contribution in [3.63, 3.8) is 0 Å². The van der Waals surface area contributed by atoms with Crippen LogP contribution in [0.2, 0.25) is 0 Å². The van der Waals surface area contributed by atoms with E-state index in [0.29, 0.717) is 21.3 Å². The van der Waals surface area contributed by atoms with E-state index in [1.807, 2.05) is 13.8 Å². The largest absolute Gasteiger partial charge is 0.299 e. The topological polar surface area (TPSA) is 54.5 Å². The second-order valence-corrected chi connectivity index (χ2v) is 8.53. The van der Waals surface area contributed by atoms with Crippen LogP contribution in [0.1, 0.15) is 78.1 Å². The molecule has 2 amide bonds. The van der Waals surface area contributed by atoms with Gasteiger partial charge in [0, 0.05) is 18.9 Å². The van der Waals surface area contributed by atoms with Crippen molar-refractivity contribution in [3.8, 4) is 0 Å². The highest BCUT2D eigenvalue weighted by molar-refractivity contribution is 9.14. The molecule has 1 heterocycles. The van der Waals surface area contributed by atoms with Crippen LogP contribution in [0.15, 0.2) is 8.96 Å². The number of Topliss-reactive ketones (excluding diaryl/α,β-unsaturated/α-hetero) is 1. The first kappa shape index (κ1) is 22.6. The normalized spacial score (nSPS) is 15.0. The highest BCUT2D eigenvalue weighted by Gasteiger charge is 2.35. The molecule has 0 unspecified atom stereocenters. The van der Waals surface area contributed by atoms with Gasteiger partial charge in [0.2, 0.25) is 0 Å². The number of hydrogen-bond acceptors (Lipinski definition) is 3. The molecule has 4 nitrogen and oxygen atoms in total. The molecule has 142 valence electrons. The zero-order valence-corrected chi connectivity index (χ0v) is 18.5. The molecular weight excluding hydrogens is 450 g/mol. The Hall–Kier alpha value is -0.490. The Morgan fingerprint density at radius 3 is 1.64 bits per heavy atom. The Kier molecular flexibility index (Phi) is 10.8. The lowest BCUT2D eigenvalue weighted by atomic mass is 10.0. The number of nitrogens with zero attached hydrogens (tertiary/aromatic N) is 1. The van der Waals surface area contributed by atoms with E-state index in [0.717, 1.165) is 38.5 Å². The Morgan fingerprint density at radius 2 is 1.20 bits per heavy atom. The molecule has 0 saturated carbocycles. The summed E-state index contributed by atoms with van der Waals surface area (Å²) in [5.74, 6) is 0.0639. The zero-order valence-electron chi connectivity index (χ0n) is 15.3. The van der Waals surface area contributed by atoms with Crippen molar-refractivity contribution in [2.24, 2.45) is 5.92 Å². The first-order valence-corrected chi connectivity index (χ1v) is 10.9. The van der Waals surface area contributed by atoms with Crippen molar-refractivity contribution in [1.29, 1.82) is 0 Å². The molecule has 25 heavy (non-hydrogen) atoms. The lowest BCUT2D eigenvalue weighted by Crippen LogP contribution is -2.32. The molecule has 0 bridgehead atoms. The summed E-state index contributed by atoms with van der Waals surface area (Å²) in [4.78, 5) is 36.5. The molecule has 0 aromatic carbocycles. The second kappa shape index (κ2) is 12.0. The van der Waals surface area contributed by atoms with E-state index in [-0.39, 0.29) is 17.7 Å². The molecule has 0 aliphatic carbocycles. The Balaban J connectivity index is 1.94. The van der Waals surface area contributed by atoms with E-state index in [9.17, 15) is 14.4 Å². The van der Waals surface area contributed by atoms with Crippen molar-refractivity contribution in [2.75, 3.05) is 6.54 Å². The van der Waals surface area contributed by atoms with Gasteiger partial charge in [-0.05, 0) is 44.7 Å². The highest BCUT2D eigenvalue weighted by atomic mass is 79.9. The predicted octanol–water partition coefficient (Wildman–Crippen LogP) is 5.48. The van der Waals surface area contributed by atoms with Crippen LogP contribution < -0.4 is 0 Å². The number of unbranched alkanes of at least 4 members (excludes halogenated alkanes) is 8. The minimum Gasteiger partial charge on any atom is -0.299 e. The fourth-order valence-electron chi connectivity index (χ4n) is 2.82. The third-order valence-corrected chi connectivity index (χ3v) is 6.51. The van der Waals surface area contributed by atoms with Crippen molar-refractivity contribution in [1.82, 2.24) is 4.90 Å². The molecule has 0 aromatic heterocycles. The molecule has 0 aromatic rings. The predicted molar refractivity (Wildman–Crippen MR) is 108 cm³/mol. The van der Waals surface area contributed by atoms with Crippen LogP contribution in [0.4, 0.5) is 0 Å². The van der Waals surface area contributed by atoms with Gasteiger partial charge in [-0.2, -0.15) is 0 Å². The third-order valence-electron chi connectivity index (χ3n) is 4.51. The number of hydrogen-bond donors (Lipinski definition) is 0. The van der Waals surface area contributed by atoms with Gasteiger partial charge in [0.25, 0.3) is 11.8 Å². The Bertz CT molecular complexity index is 491. The van der Waals surface area contributed by atoms with Gasteiger partial charge in [-0.25, -0.2) is 0 Å². The van der Waals surface area contributed by atoms with Crippen LogP contribution >= 0.6 is 31.9 Å². The molecule has 0 fully saturated rings. The average Bonchev–Trinajstić information content (AvgIpc) is 2.76. The molecule has 1 rings (SSSR count). The van der Waals surface area contributed by atoms with Crippen molar-refractivity contribution >= 4 is 49.5 Å². The van der Waals surface area contributed by atoms with Gasteiger partial charge in [0.15, 0.2) is 0 Å². The summed E-state index contributed by atoms with van der Waals surface area (Å²) in [5, 5.41) is 0. The zero-order chi connectivity index (χ0) is 18.8. The maximum absolute atomic E-state index is 11.8. The van der Waals surface area contributed by atoms with Gasteiger partial charge in [-0.15, -0.1) is 0 Å². The van der Waals surface area contributed by atoms with Crippen LogP contribution in [0, 0.1) is 5.92 Å². The SMILES string of the molecule is CC(C)C(=O)CCCCCCCCCCCN1C(=O)C(Br)=C(Br)C1=O. The van der Waals surface area contributed by atoms with Crippen molar-refractivity contribution < 1.29 is 14.4 Å². The number of ketones is 1. The van der Waals surface area contributed by atoms with E-state index in [4.69, 9.17) is 0 Å². The fraction of sp³-hybridized carbons (Fsp3) is 0.737. The second-order valence-electron chi connectivity index (χ2n) is 6.94. The molecular formula is C19H29Br2NO3. The van der Waals surface area contributed by atoms with Gasteiger partial charge in [0.05, 0.1) is 0 Å². The Labute approximate surface area is 168 Å². The molecule has 6 heteroatoms. The van der Waals surface area contributed by atoms with Gasteiger partial charge < -0.3 is 0 Å². The molecule has 0 N–H and O–H groups in total. The summed E-state index contributed by atoms with van der Waals surface area (Å²) in [7, 11) is 0.